The molecule has 0 aliphatic heterocycles. The van der Waals surface area contributed by atoms with Crippen molar-refractivity contribution in [3.05, 3.63) is 45.0 Å². The van der Waals surface area contributed by atoms with Gasteiger partial charge in [0.25, 0.3) is 0 Å². The molecule has 3 rings (SSSR count). The van der Waals surface area contributed by atoms with Gasteiger partial charge in [-0.1, -0.05) is 31.5 Å². The van der Waals surface area contributed by atoms with Crippen LogP contribution in [0.15, 0.2) is 34.7 Å². The Balaban J connectivity index is 1.93. The summed E-state index contributed by atoms with van der Waals surface area (Å²) in [7, 11) is 0. The highest BCUT2D eigenvalue weighted by Crippen LogP contribution is 2.36. The lowest BCUT2D eigenvalue weighted by Gasteiger charge is -2.15. The molecule has 2 heterocycles. The molecule has 0 bridgehead atoms. The van der Waals surface area contributed by atoms with Crippen LogP contribution in [0, 0.1) is 10.7 Å². The van der Waals surface area contributed by atoms with Crippen molar-refractivity contribution in [1.82, 2.24) is 14.9 Å². The zero-order valence-electron chi connectivity index (χ0n) is 15.8. The minimum absolute atomic E-state index is 0.380. The number of aromatic amines is 1. The lowest BCUT2D eigenvalue weighted by Crippen LogP contribution is -2.07. The predicted molar refractivity (Wildman–Crippen MR) is 117 cm³/mol. The molecular weight excluding hydrogens is 416 g/mol. The summed E-state index contributed by atoms with van der Waals surface area (Å²) >= 11 is 13.3. The van der Waals surface area contributed by atoms with Crippen molar-refractivity contribution < 1.29 is 9.47 Å². The van der Waals surface area contributed by atoms with E-state index in [1.807, 2.05) is 30.5 Å². The summed E-state index contributed by atoms with van der Waals surface area (Å²) in [5.41, 5.74) is 0.769. The van der Waals surface area contributed by atoms with Gasteiger partial charge in [-0.25, -0.2) is 5.10 Å². The average molecular weight is 437 g/mol. The highest BCUT2D eigenvalue weighted by Gasteiger charge is 2.13. The van der Waals surface area contributed by atoms with E-state index in [-0.39, 0.29) is 0 Å². The van der Waals surface area contributed by atoms with Gasteiger partial charge < -0.3 is 9.47 Å². The molecule has 0 saturated carbocycles. The molecule has 6 nitrogen and oxygen atoms in total. The molecule has 1 aromatic carbocycles. The molecule has 0 fully saturated rings. The van der Waals surface area contributed by atoms with Gasteiger partial charge in [0.2, 0.25) is 4.77 Å². The molecule has 0 saturated heterocycles. The fourth-order valence-electron chi connectivity index (χ4n) is 2.40. The van der Waals surface area contributed by atoms with E-state index >= 15 is 0 Å². The number of benzene rings is 1. The number of H-pyrrole nitrogens is 1. The summed E-state index contributed by atoms with van der Waals surface area (Å²) in [6, 6.07) is 7.56. The molecule has 0 aliphatic rings. The number of nitrogens with one attached hydrogen (secondary N) is 1. The van der Waals surface area contributed by atoms with Crippen LogP contribution in [0.5, 0.6) is 11.5 Å². The van der Waals surface area contributed by atoms with Crippen molar-refractivity contribution in [3.63, 3.8) is 0 Å². The Morgan fingerprint density at radius 2 is 2.21 bits per heavy atom. The van der Waals surface area contributed by atoms with Crippen molar-refractivity contribution in [1.29, 1.82) is 0 Å². The monoisotopic (exact) mass is 436 g/mol. The number of nitrogens with zero attached hydrogens (tertiary/aromatic N) is 3. The van der Waals surface area contributed by atoms with Gasteiger partial charge in [-0.3, -0.25) is 0 Å². The van der Waals surface area contributed by atoms with Crippen LogP contribution in [0.1, 0.15) is 26.3 Å². The average Bonchev–Trinajstić information content (AvgIpc) is 3.29. The van der Waals surface area contributed by atoms with E-state index in [1.54, 1.807) is 28.3 Å². The molecule has 148 valence electrons. The lowest BCUT2D eigenvalue weighted by molar-refractivity contribution is 0.248. The van der Waals surface area contributed by atoms with E-state index in [4.69, 9.17) is 33.3 Å². The summed E-state index contributed by atoms with van der Waals surface area (Å²) in [6.07, 6.45) is 1.67. The molecule has 0 radical (unpaired) electrons. The SMILES string of the molecule is CCOc1cc(/C=N\n2c(-c3cccs3)n[nH]c2=S)cc(Cl)c1OCC(C)C. The first kappa shape index (κ1) is 20.6. The van der Waals surface area contributed by atoms with E-state index in [9.17, 15) is 0 Å². The molecule has 0 amide bonds. The molecule has 9 heteroatoms. The quantitative estimate of drug-likeness (QED) is 0.366. The largest absolute Gasteiger partial charge is 0.490 e. The lowest BCUT2D eigenvalue weighted by atomic mass is 10.2. The number of halogens is 1. The molecule has 0 aliphatic carbocycles. The number of rotatable bonds is 8. The second-order valence-corrected chi connectivity index (χ2v) is 8.10. The van der Waals surface area contributed by atoms with Crippen molar-refractivity contribution in [2.24, 2.45) is 11.0 Å². The van der Waals surface area contributed by atoms with Crippen LogP contribution in [0.4, 0.5) is 0 Å². The summed E-state index contributed by atoms with van der Waals surface area (Å²) in [5, 5.41) is 14.0. The fraction of sp³-hybridized carbons (Fsp3) is 0.316. The van der Waals surface area contributed by atoms with Crippen molar-refractivity contribution >= 4 is 41.4 Å². The van der Waals surface area contributed by atoms with Gasteiger partial charge in [-0.2, -0.15) is 14.9 Å². The minimum atomic E-state index is 0.380. The molecular formula is C19H21ClN4O2S2. The Morgan fingerprint density at radius 3 is 2.89 bits per heavy atom. The van der Waals surface area contributed by atoms with E-state index in [2.05, 4.69) is 29.1 Å². The molecule has 0 unspecified atom stereocenters. The number of hydrogen-bond acceptors (Lipinski definition) is 6. The maximum absolute atomic E-state index is 6.45. The molecule has 0 atom stereocenters. The first-order valence-corrected chi connectivity index (χ1v) is 10.5. The van der Waals surface area contributed by atoms with Crippen molar-refractivity contribution in [2.45, 2.75) is 20.8 Å². The summed E-state index contributed by atoms with van der Waals surface area (Å²) in [6.45, 7) is 7.13. The summed E-state index contributed by atoms with van der Waals surface area (Å²) in [5.74, 6) is 2.18. The van der Waals surface area contributed by atoms with Crippen molar-refractivity contribution in [2.75, 3.05) is 13.2 Å². The van der Waals surface area contributed by atoms with Crippen LogP contribution >= 0.6 is 35.2 Å². The molecule has 28 heavy (non-hydrogen) atoms. The van der Waals surface area contributed by atoms with Gasteiger partial charge in [0.1, 0.15) is 0 Å². The Morgan fingerprint density at radius 1 is 1.39 bits per heavy atom. The van der Waals surface area contributed by atoms with Gasteiger partial charge >= 0.3 is 0 Å². The normalized spacial score (nSPS) is 11.5. The third-order valence-corrected chi connectivity index (χ3v) is 5.02. The standard InChI is InChI=1S/C19H21ClN4O2S2/c1-4-25-15-9-13(8-14(20)17(15)26-11-12(2)3)10-21-24-18(22-23-19(24)27)16-6-5-7-28-16/h5-10,12H,4,11H2,1-3H3,(H,23,27)/b21-10-. The van der Waals surface area contributed by atoms with Gasteiger partial charge in [0.05, 0.1) is 29.3 Å². The van der Waals surface area contributed by atoms with E-state index in [0.29, 0.717) is 46.2 Å². The minimum Gasteiger partial charge on any atom is -0.490 e. The first-order chi connectivity index (χ1) is 13.5. The van der Waals surface area contributed by atoms with Crippen LogP contribution in [0.3, 0.4) is 0 Å². The van der Waals surface area contributed by atoms with Crippen molar-refractivity contribution in [3.8, 4) is 22.2 Å². The van der Waals surface area contributed by atoms with Gasteiger partial charge in [0, 0.05) is 0 Å². The number of ether oxygens (including phenoxy) is 2. The highest BCUT2D eigenvalue weighted by atomic mass is 35.5. The molecule has 1 N–H and O–H groups in total. The van der Waals surface area contributed by atoms with Gasteiger partial charge in [-0.05, 0) is 54.2 Å². The number of aromatic nitrogens is 3. The van der Waals surface area contributed by atoms with Crippen LogP contribution in [0.2, 0.25) is 5.02 Å². The molecule has 0 spiro atoms. The van der Waals surface area contributed by atoms with Crippen LogP contribution in [-0.4, -0.2) is 34.3 Å². The predicted octanol–water partition coefficient (Wildman–Crippen LogP) is 5.64. The van der Waals surface area contributed by atoms with Gasteiger partial charge in [-0.15, -0.1) is 11.3 Å². The topological polar surface area (TPSA) is 64.4 Å². The van der Waals surface area contributed by atoms with Gasteiger partial charge in [0.15, 0.2) is 17.3 Å². The second-order valence-electron chi connectivity index (χ2n) is 6.35. The maximum atomic E-state index is 6.45. The Bertz CT molecular complexity index is 1010. The maximum Gasteiger partial charge on any atom is 0.216 e. The molecule has 3 aromatic rings. The zero-order valence-corrected chi connectivity index (χ0v) is 18.2. The Hall–Kier alpha value is -2.16. The highest BCUT2D eigenvalue weighted by molar-refractivity contribution is 7.71. The smallest absolute Gasteiger partial charge is 0.216 e. The third kappa shape index (κ3) is 4.81. The zero-order chi connectivity index (χ0) is 20.1. The molecule has 2 aromatic heterocycles. The van der Waals surface area contributed by atoms with Crippen LogP contribution in [-0.2, 0) is 0 Å². The first-order valence-electron chi connectivity index (χ1n) is 8.84. The van der Waals surface area contributed by atoms with E-state index in [1.165, 1.54) is 0 Å². The number of thiophene rings is 1. The van der Waals surface area contributed by atoms with Crippen LogP contribution < -0.4 is 9.47 Å². The summed E-state index contributed by atoms with van der Waals surface area (Å²) < 4.78 is 13.5. The van der Waals surface area contributed by atoms with E-state index < -0.39 is 0 Å². The second kappa shape index (κ2) is 9.36. The Labute approximate surface area is 177 Å². The van der Waals surface area contributed by atoms with Crippen LogP contribution in [0.25, 0.3) is 10.7 Å². The Kier molecular flexibility index (Phi) is 6.88. The third-order valence-electron chi connectivity index (χ3n) is 3.61. The van der Waals surface area contributed by atoms with E-state index in [0.717, 1.165) is 10.4 Å². The number of hydrogen-bond donors (Lipinski definition) is 1. The summed E-state index contributed by atoms with van der Waals surface area (Å²) in [4.78, 5) is 0.968. The fourth-order valence-corrected chi connectivity index (χ4v) is 3.56.